The Morgan fingerprint density at radius 2 is 2.05 bits per heavy atom. The van der Waals surface area contributed by atoms with Gasteiger partial charge in [0.2, 0.25) is 0 Å². The summed E-state index contributed by atoms with van der Waals surface area (Å²) in [6.07, 6.45) is 4.98. The Hall–Kier alpha value is -2.50. The van der Waals surface area contributed by atoms with E-state index in [-0.39, 0.29) is 6.54 Å². The molecule has 0 aliphatic heterocycles. The Balaban J connectivity index is 1.84. The summed E-state index contributed by atoms with van der Waals surface area (Å²) in [5.41, 5.74) is 1.18. The van der Waals surface area contributed by atoms with Crippen LogP contribution in [0.3, 0.4) is 0 Å². The number of anilines is 1. The van der Waals surface area contributed by atoms with Gasteiger partial charge in [0.25, 0.3) is 0 Å². The number of benzene rings is 1. The number of rotatable bonds is 3. The summed E-state index contributed by atoms with van der Waals surface area (Å²) < 4.78 is 27.9. The maximum absolute atomic E-state index is 13.5. The summed E-state index contributed by atoms with van der Waals surface area (Å²) in [5.74, 6) is -0.561. The second-order valence-corrected chi connectivity index (χ2v) is 4.03. The summed E-state index contributed by atoms with van der Waals surface area (Å²) in [6, 6.07) is 5.31. The van der Waals surface area contributed by atoms with Crippen molar-refractivity contribution in [2.75, 3.05) is 5.32 Å². The second kappa shape index (κ2) is 4.64. The number of halogens is 2. The molecule has 19 heavy (non-hydrogen) atoms. The van der Waals surface area contributed by atoms with Gasteiger partial charge >= 0.3 is 0 Å². The van der Waals surface area contributed by atoms with E-state index in [0.717, 1.165) is 11.6 Å². The van der Waals surface area contributed by atoms with Crippen LogP contribution in [0.2, 0.25) is 0 Å². The molecule has 3 rings (SSSR count). The van der Waals surface area contributed by atoms with Crippen LogP contribution < -0.4 is 5.32 Å². The molecule has 0 spiro atoms. The van der Waals surface area contributed by atoms with Crippen LogP contribution in [0.4, 0.5) is 14.6 Å². The van der Waals surface area contributed by atoms with Gasteiger partial charge in [-0.2, -0.15) is 5.10 Å². The molecule has 1 aromatic carbocycles. The van der Waals surface area contributed by atoms with Gasteiger partial charge in [0.1, 0.15) is 17.2 Å². The molecular weight excluding hydrogens is 250 g/mol. The fourth-order valence-electron chi connectivity index (χ4n) is 1.84. The van der Waals surface area contributed by atoms with Gasteiger partial charge in [0.15, 0.2) is 5.82 Å². The van der Waals surface area contributed by atoms with Gasteiger partial charge in [0, 0.05) is 30.6 Å². The van der Waals surface area contributed by atoms with Crippen LogP contribution in [0.1, 0.15) is 5.56 Å². The third kappa shape index (κ3) is 2.24. The third-order valence-corrected chi connectivity index (χ3v) is 2.79. The lowest BCUT2D eigenvalue weighted by Gasteiger charge is -2.07. The van der Waals surface area contributed by atoms with Crippen LogP contribution in [-0.4, -0.2) is 14.6 Å². The summed E-state index contributed by atoms with van der Waals surface area (Å²) in [5, 5.41) is 7.09. The van der Waals surface area contributed by atoms with E-state index in [1.165, 1.54) is 12.1 Å². The maximum Gasteiger partial charge on any atom is 0.152 e. The molecule has 0 fully saturated rings. The van der Waals surface area contributed by atoms with E-state index in [1.807, 2.05) is 0 Å². The standard InChI is InChI=1S/C13H10F2N4/c14-10-2-1-9(11(15)7-10)8-17-13-12-3-4-18-19(12)6-5-16-13/h1-7H,8H2,(H,16,17). The molecule has 0 bridgehead atoms. The molecule has 0 amide bonds. The normalized spacial score (nSPS) is 10.8. The minimum atomic E-state index is -0.586. The average Bonchev–Trinajstić information content (AvgIpc) is 2.86. The molecule has 0 aliphatic rings. The number of aromatic nitrogens is 3. The van der Waals surface area contributed by atoms with Gasteiger partial charge in [-0.3, -0.25) is 0 Å². The van der Waals surface area contributed by atoms with Gasteiger partial charge in [0.05, 0.1) is 6.20 Å². The van der Waals surface area contributed by atoms with Gasteiger partial charge < -0.3 is 5.32 Å². The number of hydrogen-bond acceptors (Lipinski definition) is 3. The van der Waals surface area contributed by atoms with E-state index in [4.69, 9.17) is 0 Å². The quantitative estimate of drug-likeness (QED) is 0.787. The highest BCUT2D eigenvalue weighted by atomic mass is 19.1. The molecule has 0 radical (unpaired) electrons. The molecule has 0 saturated carbocycles. The van der Waals surface area contributed by atoms with Crippen molar-refractivity contribution in [2.24, 2.45) is 0 Å². The lowest BCUT2D eigenvalue weighted by molar-refractivity contribution is 0.574. The Labute approximate surface area is 107 Å². The van der Waals surface area contributed by atoms with Gasteiger partial charge in [-0.05, 0) is 12.1 Å². The molecule has 6 heteroatoms. The van der Waals surface area contributed by atoms with Crippen molar-refractivity contribution in [2.45, 2.75) is 6.54 Å². The van der Waals surface area contributed by atoms with E-state index in [2.05, 4.69) is 15.4 Å². The highest BCUT2D eigenvalue weighted by Gasteiger charge is 2.06. The van der Waals surface area contributed by atoms with Crippen molar-refractivity contribution in [3.63, 3.8) is 0 Å². The topological polar surface area (TPSA) is 42.2 Å². The highest BCUT2D eigenvalue weighted by Crippen LogP contribution is 2.15. The summed E-state index contributed by atoms with van der Waals surface area (Å²) in [4.78, 5) is 4.17. The molecule has 4 nitrogen and oxygen atoms in total. The van der Waals surface area contributed by atoms with E-state index in [0.29, 0.717) is 11.4 Å². The van der Waals surface area contributed by atoms with E-state index in [1.54, 1.807) is 29.2 Å². The van der Waals surface area contributed by atoms with Crippen molar-refractivity contribution in [3.8, 4) is 0 Å². The van der Waals surface area contributed by atoms with Crippen LogP contribution >= 0.6 is 0 Å². The number of nitrogens with zero attached hydrogens (tertiary/aromatic N) is 3. The molecule has 2 heterocycles. The maximum atomic E-state index is 13.5. The molecule has 96 valence electrons. The predicted octanol–water partition coefficient (Wildman–Crippen LogP) is 2.62. The molecule has 1 N–H and O–H groups in total. The zero-order valence-electron chi connectivity index (χ0n) is 9.85. The largest absolute Gasteiger partial charge is 0.364 e. The molecule has 0 aliphatic carbocycles. The lowest BCUT2D eigenvalue weighted by Crippen LogP contribution is -2.05. The Bertz CT molecular complexity index is 723. The lowest BCUT2D eigenvalue weighted by atomic mass is 10.2. The fourth-order valence-corrected chi connectivity index (χ4v) is 1.84. The first-order valence-electron chi connectivity index (χ1n) is 5.70. The Morgan fingerprint density at radius 1 is 1.16 bits per heavy atom. The Morgan fingerprint density at radius 3 is 2.89 bits per heavy atom. The van der Waals surface area contributed by atoms with Gasteiger partial charge in [-0.25, -0.2) is 18.3 Å². The predicted molar refractivity (Wildman–Crippen MR) is 66.7 cm³/mol. The van der Waals surface area contributed by atoms with Crippen LogP contribution in [-0.2, 0) is 6.54 Å². The van der Waals surface area contributed by atoms with E-state index in [9.17, 15) is 8.78 Å². The zero-order valence-corrected chi connectivity index (χ0v) is 9.85. The molecular formula is C13H10F2N4. The summed E-state index contributed by atoms with van der Waals surface area (Å²) in [6.45, 7) is 0.226. The minimum Gasteiger partial charge on any atom is -0.364 e. The van der Waals surface area contributed by atoms with Gasteiger partial charge in [-0.1, -0.05) is 6.07 Å². The first kappa shape index (κ1) is 11.6. The monoisotopic (exact) mass is 260 g/mol. The molecule has 3 aromatic rings. The number of hydrogen-bond donors (Lipinski definition) is 1. The van der Waals surface area contributed by atoms with Crippen molar-refractivity contribution < 1.29 is 8.78 Å². The van der Waals surface area contributed by atoms with Crippen molar-refractivity contribution in [1.82, 2.24) is 14.6 Å². The SMILES string of the molecule is Fc1ccc(CNc2nccn3nccc23)c(F)c1. The van der Waals surface area contributed by atoms with Crippen LogP contribution in [0.5, 0.6) is 0 Å². The third-order valence-electron chi connectivity index (χ3n) is 2.79. The smallest absolute Gasteiger partial charge is 0.152 e. The molecule has 0 saturated heterocycles. The minimum absolute atomic E-state index is 0.226. The second-order valence-electron chi connectivity index (χ2n) is 4.03. The number of nitrogens with one attached hydrogen (secondary N) is 1. The molecule has 0 atom stereocenters. The van der Waals surface area contributed by atoms with Gasteiger partial charge in [-0.15, -0.1) is 0 Å². The summed E-state index contributed by atoms with van der Waals surface area (Å²) >= 11 is 0. The molecule has 2 aromatic heterocycles. The zero-order chi connectivity index (χ0) is 13.2. The Kier molecular flexibility index (Phi) is 2.83. The van der Waals surface area contributed by atoms with Crippen molar-refractivity contribution in [1.29, 1.82) is 0 Å². The van der Waals surface area contributed by atoms with Crippen LogP contribution in [0.25, 0.3) is 5.52 Å². The first-order chi connectivity index (χ1) is 9.24. The summed E-state index contributed by atoms with van der Waals surface area (Å²) in [7, 11) is 0. The van der Waals surface area contributed by atoms with Crippen LogP contribution in [0.15, 0.2) is 42.9 Å². The van der Waals surface area contributed by atoms with E-state index >= 15 is 0 Å². The highest BCUT2D eigenvalue weighted by molar-refractivity contribution is 5.66. The fraction of sp³-hybridized carbons (Fsp3) is 0.0769. The number of fused-ring (bicyclic) bond motifs is 1. The van der Waals surface area contributed by atoms with E-state index < -0.39 is 11.6 Å². The first-order valence-corrected chi connectivity index (χ1v) is 5.70. The van der Waals surface area contributed by atoms with Crippen molar-refractivity contribution >= 4 is 11.3 Å². The average molecular weight is 260 g/mol. The van der Waals surface area contributed by atoms with Crippen molar-refractivity contribution in [3.05, 3.63) is 60.1 Å². The van der Waals surface area contributed by atoms with Crippen LogP contribution in [0, 0.1) is 11.6 Å². The molecule has 0 unspecified atom stereocenters.